The zero-order valence-electron chi connectivity index (χ0n) is 6.10. The molecule has 0 aromatic carbocycles. The molecule has 0 spiro atoms. The van der Waals surface area contributed by atoms with Gasteiger partial charge in [-0.25, -0.2) is 0 Å². The third-order valence-corrected chi connectivity index (χ3v) is 1.83. The molecule has 1 rings (SSSR count). The Hall–Kier alpha value is 0. The molecular weight excluding hydrogens is 108 g/mol. The summed E-state index contributed by atoms with van der Waals surface area (Å²) in [6, 6.07) is 0. The van der Waals surface area contributed by atoms with Crippen LogP contribution in [0.25, 0.3) is 0 Å². The van der Waals surface area contributed by atoms with Gasteiger partial charge in [0.15, 0.2) is 0 Å². The molecule has 9 heavy (non-hydrogen) atoms. The Labute approximate surface area is 58.7 Å². The van der Waals surface area contributed by atoms with Gasteiger partial charge in [0.1, 0.15) is 0 Å². The van der Waals surface area contributed by atoms with Crippen LogP contribution >= 0.6 is 0 Å². The molecule has 0 amide bonds. The number of hydrogen-bond acceptors (Lipinski definition) is 0. The fourth-order valence-corrected chi connectivity index (χ4v) is 1.01. The first kappa shape index (κ1) is 7.11. The van der Waals surface area contributed by atoms with Crippen LogP contribution in [0.15, 0.2) is 0 Å². The summed E-state index contributed by atoms with van der Waals surface area (Å²) in [7, 11) is 0. The summed E-state index contributed by atoms with van der Waals surface area (Å²) >= 11 is 0. The Bertz CT molecular complexity index is 62.4. The van der Waals surface area contributed by atoms with Gasteiger partial charge < -0.3 is 0 Å². The largest absolute Gasteiger partial charge is 0.0533 e. The Morgan fingerprint density at radius 3 is 2.67 bits per heavy atom. The summed E-state index contributed by atoms with van der Waals surface area (Å²) in [5, 5.41) is 0. The fourth-order valence-electron chi connectivity index (χ4n) is 1.01. The first-order valence-corrected chi connectivity index (χ1v) is 4.06. The van der Waals surface area contributed by atoms with Crippen LogP contribution in [0.2, 0.25) is 0 Å². The van der Waals surface area contributed by atoms with Crippen LogP contribution in [0, 0.1) is 19.3 Å². The molecule has 0 atom stereocenters. The van der Waals surface area contributed by atoms with E-state index in [1.165, 1.54) is 32.1 Å². The van der Waals surface area contributed by atoms with E-state index in [2.05, 4.69) is 13.3 Å². The standard InChI is InChI=1S/C9H16/c1-2-3-4-5-6-9-7-8-9/h6,9H,1-5,7-8H2. The summed E-state index contributed by atoms with van der Waals surface area (Å²) in [5.41, 5.74) is 0. The maximum absolute atomic E-state index is 3.80. The molecule has 0 aromatic heterocycles. The number of unbranched alkanes of at least 4 members (excludes halogenated alkanes) is 3. The normalized spacial score (nSPS) is 18.3. The second-order valence-corrected chi connectivity index (χ2v) is 2.92. The highest BCUT2D eigenvalue weighted by molar-refractivity contribution is 4.86. The first-order valence-electron chi connectivity index (χ1n) is 4.06. The van der Waals surface area contributed by atoms with Crippen LogP contribution < -0.4 is 0 Å². The maximum Gasteiger partial charge on any atom is -0.0355 e. The van der Waals surface area contributed by atoms with Crippen molar-refractivity contribution in [2.75, 3.05) is 0 Å². The lowest BCUT2D eigenvalue weighted by Crippen LogP contribution is -1.79. The average Bonchev–Trinajstić information content (AvgIpc) is 2.63. The molecule has 1 saturated carbocycles. The van der Waals surface area contributed by atoms with Crippen LogP contribution in [0.5, 0.6) is 0 Å². The SMILES string of the molecule is [CH2]CCCC[CH]C1CC1. The Morgan fingerprint density at radius 2 is 2.11 bits per heavy atom. The second kappa shape index (κ2) is 3.92. The minimum atomic E-state index is 1.01. The van der Waals surface area contributed by atoms with Crippen molar-refractivity contribution in [1.29, 1.82) is 0 Å². The van der Waals surface area contributed by atoms with Crippen LogP contribution in [-0.2, 0) is 0 Å². The molecular formula is C9H16. The molecule has 1 fully saturated rings. The smallest absolute Gasteiger partial charge is 0.0355 e. The molecule has 0 aliphatic heterocycles. The van der Waals surface area contributed by atoms with Gasteiger partial charge in [0.05, 0.1) is 0 Å². The third-order valence-electron chi connectivity index (χ3n) is 1.83. The van der Waals surface area contributed by atoms with Crippen molar-refractivity contribution in [2.24, 2.45) is 5.92 Å². The van der Waals surface area contributed by atoms with Gasteiger partial charge in [-0.2, -0.15) is 0 Å². The molecule has 0 N–H and O–H groups in total. The van der Waals surface area contributed by atoms with Crippen LogP contribution in [-0.4, -0.2) is 0 Å². The van der Waals surface area contributed by atoms with Gasteiger partial charge in [-0.3, -0.25) is 0 Å². The molecule has 0 saturated heterocycles. The van der Waals surface area contributed by atoms with Crippen molar-refractivity contribution in [3.8, 4) is 0 Å². The minimum Gasteiger partial charge on any atom is -0.0533 e. The van der Waals surface area contributed by atoms with Gasteiger partial charge in [0, 0.05) is 0 Å². The second-order valence-electron chi connectivity index (χ2n) is 2.92. The third kappa shape index (κ3) is 3.56. The minimum absolute atomic E-state index is 1.01. The van der Waals surface area contributed by atoms with E-state index in [0.717, 1.165) is 12.3 Å². The van der Waals surface area contributed by atoms with Gasteiger partial charge in [0.2, 0.25) is 0 Å². The Balaban J connectivity index is 1.71. The maximum atomic E-state index is 3.80. The van der Waals surface area contributed by atoms with Crippen molar-refractivity contribution < 1.29 is 0 Å². The molecule has 1 aliphatic carbocycles. The molecule has 0 heteroatoms. The Morgan fingerprint density at radius 1 is 1.33 bits per heavy atom. The molecule has 2 radical (unpaired) electrons. The van der Waals surface area contributed by atoms with Crippen molar-refractivity contribution in [1.82, 2.24) is 0 Å². The molecule has 0 heterocycles. The van der Waals surface area contributed by atoms with Gasteiger partial charge in [0.25, 0.3) is 0 Å². The zero-order chi connectivity index (χ0) is 6.53. The Kier molecular flexibility index (Phi) is 3.10. The predicted molar refractivity (Wildman–Crippen MR) is 40.8 cm³/mol. The quantitative estimate of drug-likeness (QED) is 0.494. The van der Waals surface area contributed by atoms with E-state index in [-0.39, 0.29) is 0 Å². The molecule has 0 bridgehead atoms. The molecule has 0 nitrogen and oxygen atoms in total. The van der Waals surface area contributed by atoms with E-state index in [1.54, 1.807) is 0 Å². The topological polar surface area (TPSA) is 0 Å². The monoisotopic (exact) mass is 124 g/mol. The number of rotatable bonds is 5. The van der Waals surface area contributed by atoms with Gasteiger partial charge in [-0.05, 0) is 31.6 Å². The van der Waals surface area contributed by atoms with E-state index in [4.69, 9.17) is 0 Å². The fraction of sp³-hybridized carbons (Fsp3) is 0.778. The van der Waals surface area contributed by atoms with Crippen LogP contribution in [0.3, 0.4) is 0 Å². The van der Waals surface area contributed by atoms with E-state index >= 15 is 0 Å². The highest BCUT2D eigenvalue weighted by Crippen LogP contribution is 2.33. The van der Waals surface area contributed by atoms with Crippen LogP contribution in [0.1, 0.15) is 38.5 Å². The summed E-state index contributed by atoms with van der Waals surface area (Å²) < 4.78 is 0. The highest BCUT2D eigenvalue weighted by atomic mass is 14.2. The molecule has 0 unspecified atom stereocenters. The predicted octanol–water partition coefficient (Wildman–Crippen LogP) is 3.00. The highest BCUT2D eigenvalue weighted by Gasteiger charge is 2.19. The van der Waals surface area contributed by atoms with Crippen molar-refractivity contribution in [3.05, 3.63) is 13.3 Å². The lowest BCUT2D eigenvalue weighted by atomic mass is 10.1. The van der Waals surface area contributed by atoms with Crippen molar-refractivity contribution in [3.63, 3.8) is 0 Å². The van der Waals surface area contributed by atoms with Crippen molar-refractivity contribution >= 4 is 0 Å². The van der Waals surface area contributed by atoms with Crippen molar-refractivity contribution in [2.45, 2.75) is 38.5 Å². The zero-order valence-corrected chi connectivity index (χ0v) is 6.10. The summed E-state index contributed by atoms with van der Waals surface area (Å²) in [6.07, 6.45) is 10.5. The van der Waals surface area contributed by atoms with E-state index in [1.807, 2.05) is 0 Å². The number of hydrogen-bond donors (Lipinski definition) is 0. The van der Waals surface area contributed by atoms with Gasteiger partial charge in [-0.1, -0.05) is 26.2 Å². The molecule has 52 valence electrons. The van der Waals surface area contributed by atoms with Crippen LogP contribution in [0.4, 0.5) is 0 Å². The van der Waals surface area contributed by atoms with Gasteiger partial charge in [-0.15, -0.1) is 0 Å². The molecule has 0 aromatic rings. The van der Waals surface area contributed by atoms with Gasteiger partial charge >= 0.3 is 0 Å². The van der Waals surface area contributed by atoms with E-state index < -0.39 is 0 Å². The lowest BCUT2D eigenvalue weighted by Gasteiger charge is -1.94. The molecule has 1 aliphatic rings. The average molecular weight is 124 g/mol. The van der Waals surface area contributed by atoms with E-state index in [9.17, 15) is 0 Å². The lowest BCUT2D eigenvalue weighted by molar-refractivity contribution is 0.708. The summed E-state index contributed by atoms with van der Waals surface area (Å²) in [6.45, 7) is 3.80. The first-order chi connectivity index (χ1) is 4.43. The summed E-state index contributed by atoms with van der Waals surface area (Å²) in [4.78, 5) is 0. The summed E-state index contributed by atoms with van der Waals surface area (Å²) in [5.74, 6) is 1.01. The van der Waals surface area contributed by atoms with E-state index in [0.29, 0.717) is 0 Å².